The minimum absolute atomic E-state index is 0.322. The molecule has 0 aliphatic carbocycles. The van der Waals surface area contributed by atoms with Gasteiger partial charge in [-0.1, -0.05) is 0 Å². The molecule has 1 aliphatic heterocycles. The quantitative estimate of drug-likeness (QED) is 0.776. The Kier molecular flexibility index (Phi) is 3.24. The molecule has 1 aromatic heterocycles. The van der Waals surface area contributed by atoms with Crippen LogP contribution in [0.1, 0.15) is 19.3 Å². The Labute approximate surface area is 93.7 Å². The maximum atomic E-state index is 10.4. The zero-order valence-corrected chi connectivity index (χ0v) is 8.93. The van der Waals surface area contributed by atoms with Gasteiger partial charge in [0.15, 0.2) is 0 Å². The number of anilines is 1. The molecule has 1 saturated heterocycles. The van der Waals surface area contributed by atoms with Crippen LogP contribution in [0, 0.1) is 0 Å². The molecular formula is C11H14N2O3. The second-order valence-corrected chi connectivity index (χ2v) is 3.77. The van der Waals surface area contributed by atoms with Crippen molar-refractivity contribution >= 4 is 12.0 Å². The first-order valence-electron chi connectivity index (χ1n) is 5.37. The molecule has 0 radical (unpaired) electrons. The fourth-order valence-electron chi connectivity index (χ4n) is 1.86. The van der Waals surface area contributed by atoms with Crippen molar-refractivity contribution in [3.63, 3.8) is 0 Å². The van der Waals surface area contributed by atoms with Crippen LogP contribution in [0.25, 0.3) is 0 Å². The predicted octanol–water partition coefficient (Wildman–Crippen LogP) is 2.13. The summed E-state index contributed by atoms with van der Waals surface area (Å²) in [5.41, 5.74) is 0. The van der Waals surface area contributed by atoms with Crippen LogP contribution in [0.2, 0.25) is 0 Å². The van der Waals surface area contributed by atoms with E-state index in [4.69, 9.17) is 5.11 Å². The van der Waals surface area contributed by atoms with Gasteiger partial charge in [0.05, 0.1) is 0 Å². The fraction of sp³-hybridized carbons (Fsp3) is 0.455. The van der Waals surface area contributed by atoms with Crippen molar-refractivity contribution in [1.82, 2.24) is 4.98 Å². The van der Waals surface area contributed by atoms with Crippen LogP contribution in [0.15, 0.2) is 18.3 Å². The molecule has 0 atom stereocenters. The standard InChI is InChI=1S/C11H14N2O3/c14-11(15)16-9-4-5-12-10(8-9)13-6-2-1-3-7-13/h4-5,8H,1-3,6-7H2,(H,14,15). The summed E-state index contributed by atoms with van der Waals surface area (Å²) >= 11 is 0. The number of piperidine rings is 1. The normalized spacial score (nSPS) is 15.9. The minimum atomic E-state index is -1.30. The van der Waals surface area contributed by atoms with E-state index in [0.717, 1.165) is 31.7 Å². The number of nitrogens with zero attached hydrogens (tertiary/aromatic N) is 2. The molecular weight excluding hydrogens is 208 g/mol. The van der Waals surface area contributed by atoms with E-state index in [-0.39, 0.29) is 0 Å². The minimum Gasteiger partial charge on any atom is -0.449 e. The highest BCUT2D eigenvalue weighted by Gasteiger charge is 2.13. The number of carbonyl (C=O) groups is 1. The Morgan fingerprint density at radius 3 is 2.81 bits per heavy atom. The van der Waals surface area contributed by atoms with Gasteiger partial charge in [0.2, 0.25) is 0 Å². The van der Waals surface area contributed by atoms with Crippen molar-refractivity contribution in [2.45, 2.75) is 19.3 Å². The molecule has 1 aromatic rings. The highest BCUT2D eigenvalue weighted by molar-refractivity contribution is 5.62. The van der Waals surface area contributed by atoms with Gasteiger partial charge < -0.3 is 14.7 Å². The molecule has 1 fully saturated rings. The van der Waals surface area contributed by atoms with Crippen molar-refractivity contribution < 1.29 is 14.6 Å². The van der Waals surface area contributed by atoms with Crippen LogP contribution in [0.3, 0.4) is 0 Å². The average molecular weight is 222 g/mol. The third-order valence-electron chi connectivity index (χ3n) is 2.60. The lowest BCUT2D eigenvalue weighted by atomic mass is 10.1. The summed E-state index contributed by atoms with van der Waals surface area (Å²) in [6.45, 7) is 1.95. The summed E-state index contributed by atoms with van der Waals surface area (Å²) < 4.78 is 4.60. The fourth-order valence-corrected chi connectivity index (χ4v) is 1.86. The maximum Gasteiger partial charge on any atom is 0.511 e. The predicted molar refractivity (Wildman–Crippen MR) is 59.0 cm³/mol. The molecule has 16 heavy (non-hydrogen) atoms. The highest BCUT2D eigenvalue weighted by Crippen LogP contribution is 2.21. The maximum absolute atomic E-state index is 10.4. The molecule has 1 aliphatic rings. The number of hydrogen-bond acceptors (Lipinski definition) is 4. The Bertz CT molecular complexity index is 375. The molecule has 2 rings (SSSR count). The number of pyridine rings is 1. The Morgan fingerprint density at radius 1 is 1.38 bits per heavy atom. The summed E-state index contributed by atoms with van der Waals surface area (Å²) in [5.74, 6) is 1.11. The lowest BCUT2D eigenvalue weighted by molar-refractivity contribution is 0.144. The first-order chi connectivity index (χ1) is 7.75. The number of aromatic nitrogens is 1. The van der Waals surface area contributed by atoms with E-state index in [0.29, 0.717) is 5.75 Å². The Morgan fingerprint density at radius 2 is 2.12 bits per heavy atom. The molecule has 5 nitrogen and oxygen atoms in total. The zero-order valence-electron chi connectivity index (χ0n) is 8.93. The number of ether oxygens (including phenoxy) is 1. The monoisotopic (exact) mass is 222 g/mol. The summed E-state index contributed by atoms with van der Waals surface area (Å²) in [6, 6.07) is 3.21. The van der Waals surface area contributed by atoms with Gasteiger partial charge in [-0.15, -0.1) is 0 Å². The van der Waals surface area contributed by atoms with E-state index in [2.05, 4.69) is 14.6 Å². The number of rotatable bonds is 2. The van der Waals surface area contributed by atoms with Gasteiger partial charge in [-0.25, -0.2) is 9.78 Å². The van der Waals surface area contributed by atoms with E-state index < -0.39 is 6.16 Å². The average Bonchev–Trinajstić information content (AvgIpc) is 2.30. The van der Waals surface area contributed by atoms with Crippen LogP contribution < -0.4 is 9.64 Å². The van der Waals surface area contributed by atoms with E-state index in [9.17, 15) is 4.79 Å². The lowest BCUT2D eigenvalue weighted by Crippen LogP contribution is -2.30. The molecule has 86 valence electrons. The van der Waals surface area contributed by atoms with Crippen LogP contribution in [-0.2, 0) is 0 Å². The van der Waals surface area contributed by atoms with E-state index in [1.165, 1.54) is 6.42 Å². The van der Waals surface area contributed by atoms with E-state index in [1.54, 1.807) is 18.3 Å². The van der Waals surface area contributed by atoms with Crippen LogP contribution in [0.4, 0.5) is 10.6 Å². The van der Waals surface area contributed by atoms with Crippen LogP contribution in [0.5, 0.6) is 5.75 Å². The first-order valence-corrected chi connectivity index (χ1v) is 5.37. The second kappa shape index (κ2) is 4.83. The lowest BCUT2D eigenvalue weighted by Gasteiger charge is -2.27. The van der Waals surface area contributed by atoms with Crippen molar-refractivity contribution in [3.05, 3.63) is 18.3 Å². The van der Waals surface area contributed by atoms with Gasteiger partial charge in [0, 0.05) is 25.4 Å². The summed E-state index contributed by atoms with van der Waals surface area (Å²) in [7, 11) is 0. The number of hydrogen-bond donors (Lipinski definition) is 1. The van der Waals surface area contributed by atoms with Gasteiger partial charge in [-0.2, -0.15) is 0 Å². The molecule has 2 heterocycles. The molecule has 1 N–H and O–H groups in total. The molecule has 0 bridgehead atoms. The largest absolute Gasteiger partial charge is 0.511 e. The van der Waals surface area contributed by atoms with Gasteiger partial charge in [0.1, 0.15) is 11.6 Å². The van der Waals surface area contributed by atoms with E-state index >= 15 is 0 Å². The first kappa shape index (κ1) is 10.7. The summed E-state index contributed by atoms with van der Waals surface area (Å²) in [5, 5.41) is 8.51. The van der Waals surface area contributed by atoms with Crippen molar-refractivity contribution in [2.24, 2.45) is 0 Å². The van der Waals surface area contributed by atoms with Gasteiger partial charge in [-0.05, 0) is 25.3 Å². The van der Waals surface area contributed by atoms with Gasteiger partial charge in [-0.3, -0.25) is 0 Å². The topological polar surface area (TPSA) is 62.7 Å². The third-order valence-corrected chi connectivity index (χ3v) is 2.60. The molecule has 0 aromatic carbocycles. The Hall–Kier alpha value is -1.78. The van der Waals surface area contributed by atoms with Crippen LogP contribution in [-0.4, -0.2) is 29.3 Å². The van der Waals surface area contributed by atoms with Crippen molar-refractivity contribution in [3.8, 4) is 5.75 Å². The molecule has 5 heteroatoms. The molecule has 0 amide bonds. The van der Waals surface area contributed by atoms with Crippen LogP contribution >= 0.6 is 0 Å². The zero-order chi connectivity index (χ0) is 11.4. The van der Waals surface area contributed by atoms with Gasteiger partial charge in [0.25, 0.3) is 0 Å². The second-order valence-electron chi connectivity index (χ2n) is 3.77. The van der Waals surface area contributed by atoms with Crippen molar-refractivity contribution in [1.29, 1.82) is 0 Å². The summed E-state index contributed by atoms with van der Waals surface area (Å²) in [6.07, 6.45) is 3.84. The summed E-state index contributed by atoms with van der Waals surface area (Å²) in [4.78, 5) is 16.8. The SMILES string of the molecule is O=C(O)Oc1ccnc(N2CCCCC2)c1. The van der Waals surface area contributed by atoms with Gasteiger partial charge >= 0.3 is 6.16 Å². The third kappa shape index (κ3) is 2.62. The molecule has 0 saturated carbocycles. The number of carboxylic acid groups (broad SMARTS) is 1. The van der Waals surface area contributed by atoms with Crippen molar-refractivity contribution in [2.75, 3.05) is 18.0 Å². The Balaban J connectivity index is 2.11. The van der Waals surface area contributed by atoms with E-state index in [1.807, 2.05) is 0 Å². The molecule has 0 spiro atoms. The smallest absolute Gasteiger partial charge is 0.449 e. The highest BCUT2D eigenvalue weighted by atomic mass is 16.7. The molecule has 0 unspecified atom stereocenters.